The van der Waals surface area contributed by atoms with Crippen molar-refractivity contribution < 1.29 is 14.3 Å². The molecule has 0 bridgehead atoms. The fraction of sp³-hybridized carbons (Fsp3) is 0.889. The molecule has 2 amide bonds. The fourth-order valence-corrected chi connectivity index (χ4v) is 2.91. The van der Waals surface area contributed by atoms with Crippen LogP contribution in [0.5, 0.6) is 0 Å². The first kappa shape index (κ1) is 14.4. The second-order valence-corrected chi connectivity index (χ2v) is 5.08. The summed E-state index contributed by atoms with van der Waals surface area (Å²) in [5.41, 5.74) is 4.94. The summed E-state index contributed by atoms with van der Waals surface area (Å²) in [6.45, 7) is 5.96. The molecule has 0 saturated heterocycles. The van der Waals surface area contributed by atoms with Crippen molar-refractivity contribution in [1.29, 1.82) is 0 Å². The molecule has 0 radical (unpaired) electrons. The maximum absolute atomic E-state index is 10.4. The minimum Gasteiger partial charge on any atom is -0.357 e. The quantitative estimate of drug-likeness (QED) is 0.335. The monoisotopic (exact) mass is 234 g/mol. The molecule has 0 aromatic carbocycles. The third-order valence-corrected chi connectivity index (χ3v) is 3.72. The van der Waals surface area contributed by atoms with Crippen molar-refractivity contribution in [2.45, 2.75) is 32.2 Å². The van der Waals surface area contributed by atoms with E-state index in [0.29, 0.717) is 19.8 Å². The Labute approximate surface area is 93.5 Å². The second-order valence-electron chi connectivity index (χ2n) is 3.13. The van der Waals surface area contributed by atoms with Crippen molar-refractivity contribution in [2.24, 2.45) is 5.73 Å². The zero-order valence-corrected chi connectivity index (χ0v) is 11.0. The standard InChI is InChI=1S/C9H22N2O3Si/c1-3-13-9(14-4-2)15-7-5-6-11-8(10)12/h9H,3-7,15H2,1-2H3,(H3,10,11,12). The molecule has 6 heteroatoms. The number of urea groups is 1. The Bertz CT molecular complexity index is 163. The first-order valence-electron chi connectivity index (χ1n) is 5.47. The van der Waals surface area contributed by atoms with Crippen LogP contribution in [-0.4, -0.2) is 41.2 Å². The highest BCUT2D eigenvalue weighted by molar-refractivity contribution is 6.36. The predicted molar refractivity (Wildman–Crippen MR) is 62.6 cm³/mol. The average molecular weight is 234 g/mol. The zero-order valence-electron chi connectivity index (χ0n) is 9.62. The second kappa shape index (κ2) is 9.94. The summed E-state index contributed by atoms with van der Waals surface area (Å²) in [6, 6.07) is 0.633. The van der Waals surface area contributed by atoms with Gasteiger partial charge in [0.1, 0.15) is 5.91 Å². The van der Waals surface area contributed by atoms with Crippen molar-refractivity contribution in [3.8, 4) is 0 Å². The summed E-state index contributed by atoms with van der Waals surface area (Å²) in [5.74, 6) is 0.0218. The molecule has 0 fully saturated rings. The number of hydrogen-bond donors (Lipinski definition) is 2. The third kappa shape index (κ3) is 9.71. The van der Waals surface area contributed by atoms with E-state index in [1.54, 1.807) is 0 Å². The smallest absolute Gasteiger partial charge is 0.312 e. The van der Waals surface area contributed by atoms with E-state index in [4.69, 9.17) is 15.2 Å². The fourth-order valence-electron chi connectivity index (χ4n) is 1.23. The van der Waals surface area contributed by atoms with Crippen LogP contribution in [0.4, 0.5) is 4.79 Å². The lowest BCUT2D eigenvalue weighted by molar-refractivity contribution is -0.0827. The molecular weight excluding hydrogens is 212 g/mol. The Morgan fingerprint density at radius 2 is 2.00 bits per heavy atom. The summed E-state index contributed by atoms with van der Waals surface area (Å²) in [4.78, 5) is 10.4. The highest BCUT2D eigenvalue weighted by Crippen LogP contribution is 1.98. The molecule has 0 aromatic rings. The van der Waals surface area contributed by atoms with E-state index in [9.17, 15) is 4.79 Å². The molecule has 0 aliphatic rings. The van der Waals surface area contributed by atoms with Crippen LogP contribution in [0.2, 0.25) is 6.04 Å². The Hall–Kier alpha value is -0.593. The van der Waals surface area contributed by atoms with E-state index < -0.39 is 6.03 Å². The van der Waals surface area contributed by atoms with E-state index in [1.807, 2.05) is 13.8 Å². The highest BCUT2D eigenvalue weighted by atomic mass is 28.2. The van der Waals surface area contributed by atoms with Crippen LogP contribution in [0.25, 0.3) is 0 Å². The van der Waals surface area contributed by atoms with Gasteiger partial charge in [-0.2, -0.15) is 0 Å². The maximum Gasteiger partial charge on any atom is 0.312 e. The van der Waals surface area contributed by atoms with Gasteiger partial charge in [0, 0.05) is 19.8 Å². The van der Waals surface area contributed by atoms with Gasteiger partial charge in [-0.1, -0.05) is 6.04 Å². The number of hydrogen-bond acceptors (Lipinski definition) is 3. The normalized spacial score (nSPS) is 11.4. The molecule has 0 atom stereocenters. The molecule has 0 aromatic heterocycles. The van der Waals surface area contributed by atoms with E-state index in [0.717, 1.165) is 12.5 Å². The molecule has 15 heavy (non-hydrogen) atoms. The number of carbonyl (C=O) groups excluding carboxylic acids is 1. The number of amides is 2. The largest absolute Gasteiger partial charge is 0.357 e. The van der Waals surface area contributed by atoms with E-state index in [2.05, 4.69) is 5.32 Å². The summed E-state index contributed by atoms with van der Waals surface area (Å²) in [5, 5.41) is 2.56. The van der Waals surface area contributed by atoms with Crippen LogP contribution in [-0.2, 0) is 9.47 Å². The lowest BCUT2D eigenvalue weighted by atomic mass is 10.5. The maximum atomic E-state index is 10.4. The molecule has 0 aliphatic carbocycles. The minimum absolute atomic E-state index is 0.0218. The van der Waals surface area contributed by atoms with Gasteiger partial charge in [0.15, 0.2) is 0 Å². The molecule has 90 valence electrons. The zero-order chi connectivity index (χ0) is 11.5. The van der Waals surface area contributed by atoms with Crippen molar-refractivity contribution in [1.82, 2.24) is 5.32 Å². The van der Waals surface area contributed by atoms with Gasteiger partial charge in [-0.25, -0.2) is 4.79 Å². The van der Waals surface area contributed by atoms with E-state index in [-0.39, 0.29) is 15.4 Å². The number of rotatable bonds is 9. The van der Waals surface area contributed by atoms with Gasteiger partial charge in [-0.3, -0.25) is 0 Å². The summed E-state index contributed by atoms with van der Waals surface area (Å²) < 4.78 is 10.9. The van der Waals surface area contributed by atoms with Crippen molar-refractivity contribution in [3.63, 3.8) is 0 Å². The summed E-state index contributed by atoms with van der Waals surface area (Å²) in [7, 11) is -0.378. The van der Waals surface area contributed by atoms with Crippen molar-refractivity contribution in [2.75, 3.05) is 19.8 Å². The van der Waals surface area contributed by atoms with Gasteiger partial charge >= 0.3 is 6.03 Å². The SMILES string of the molecule is CCOC(OCC)[SiH2]CCCNC(N)=O. The first-order valence-corrected chi connectivity index (χ1v) is 7.28. The predicted octanol–water partition coefficient (Wildman–Crippen LogP) is -0.0115. The van der Waals surface area contributed by atoms with Gasteiger partial charge in [-0.05, 0) is 20.3 Å². The van der Waals surface area contributed by atoms with Crippen molar-refractivity contribution >= 4 is 15.6 Å². The lowest BCUT2D eigenvalue weighted by Crippen LogP contribution is -2.31. The molecule has 0 rings (SSSR count). The highest BCUT2D eigenvalue weighted by Gasteiger charge is 2.07. The lowest BCUT2D eigenvalue weighted by Gasteiger charge is -2.16. The Kier molecular flexibility index (Phi) is 9.55. The number of nitrogens with one attached hydrogen (secondary N) is 1. The number of ether oxygens (including phenoxy) is 2. The molecule has 0 heterocycles. The van der Waals surface area contributed by atoms with Gasteiger partial charge in [0.05, 0.1) is 9.52 Å². The van der Waals surface area contributed by atoms with Gasteiger partial charge in [0.25, 0.3) is 0 Å². The van der Waals surface area contributed by atoms with Crippen molar-refractivity contribution in [3.05, 3.63) is 0 Å². The Morgan fingerprint density at radius 3 is 2.47 bits per heavy atom. The van der Waals surface area contributed by atoms with Crippen LogP contribution in [0.15, 0.2) is 0 Å². The van der Waals surface area contributed by atoms with Crippen LogP contribution < -0.4 is 11.1 Å². The average Bonchev–Trinajstić information content (AvgIpc) is 2.17. The van der Waals surface area contributed by atoms with Crippen LogP contribution in [0.3, 0.4) is 0 Å². The van der Waals surface area contributed by atoms with Crippen LogP contribution in [0.1, 0.15) is 20.3 Å². The summed E-state index contributed by atoms with van der Waals surface area (Å²) >= 11 is 0. The van der Waals surface area contributed by atoms with E-state index >= 15 is 0 Å². The third-order valence-electron chi connectivity index (χ3n) is 1.87. The molecule has 5 nitrogen and oxygen atoms in total. The molecule has 3 N–H and O–H groups in total. The number of nitrogens with two attached hydrogens (primary N) is 1. The number of carbonyl (C=O) groups is 1. The Balaban J connectivity index is 3.39. The Morgan fingerprint density at radius 1 is 1.40 bits per heavy atom. The van der Waals surface area contributed by atoms with Crippen LogP contribution in [0, 0.1) is 0 Å². The molecular formula is C9H22N2O3Si. The van der Waals surface area contributed by atoms with Crippen LogP contribution >= 0.6 is 0 Å². The molecule has 0 unspecified atom stereocenters. The van der Waals surface area contributed by atoms with E-state index in [1.165, 1.54) is 0 Å². The molecule has 0 aliphatic heterocycles. The first-order chi connectivity index (χ1) is 7.20. The van der Waals surface area contributed by atoms with Gasteiger partial charge in [-0.15, -0.1) is 0 Å². The minimum atomic E-state index is -0.456. The molecule has 0 saturated carbocycles. The number of primary amides is 1. The van der Waals surface area contributed by atoms with Gasteiger partial charge in [0.2, 0.25) is 0 Å². The summed E-state index contributed by atoms with van der Waals surface area (Å²) in [6.07, 6.45) is 0.950. The molecule has 0 spiro atoms. The van der Waals surface area contributed by atoms with Gasteiger partial charge < -0.3 is 20.5 Å². The topological polar surface area (TPSA) is 73.6 Å².